The molecule has 0 aliphatic heterocycles. The van der Waals surface area contributed by atoms with Crippen LogP contribution in [0.4, 0.5) is 37.7 Å². The fourth-order valence-corrected chi connectivity index (χ4v) is 7.37. The van der Waals surface area contributed by atoms with Crippen molar-refractivity contribution in [1.82, 2.24) is 9.78 Å². The zero-order valence-electron chi connectivity index (χ0n) is 25.9. The van der Waals surface area contributed by atoms with Crippen LogP contribution in [0.2, 0.25) is 0 Å². The second-order valence-corrected chi connectivity index (χ2v) is 14.3. The minimum absolute atomic E-state index is 0.0661. The van der Waals surface area contributed by atoms with Crippen molar-refractivity contribution in [3.05, 3.63) is 88.0 Å². The SMILES string of the molecule is COCCOCN(c1ccc(F)c(-c2nn(COCCOC)cc2Br)c1F)S(=O)(=O)c1cc(F)cc(NS(=O)(=O)c2cc(F)ccc2F)c1F. The molecule has 0 atom stereocenters. The van der Waals surface area contributed by atoms with E-state index in [2.05, 4.69) is 21.0 Å². The molecule has 4 rings (SSSR count). The third-order valence-electron chi connectivity index (χ3n) is 6.59. The van der Waals surface area contributed by atoms with Gasteiger partial charge in [0.25, 0.3) is 20.0 Å². The lowest BCUT2D eigenvalue weighted by atomic mass is 10.1. The molecule has 1 aromatic heterocycles. The van der Waals surface area contributed by atoms with E-state index in [9.17, 15) is 30.0 Å². The number of ether oxygens (including phenoxy) is 4. The van der Waals surface area contributed by atoms with Gasteiger partial charge in [0.05, 0.1) is 47.8 Å². The molecule has 0 unspecified atom stereocenters. The van der Waals surface area contributed by atoms with E-state index in [1.54, 1.807) is 0 Å². The average Bonchev–Trinajstić information content (AvgIpc) is 3.41. The number of hydrogen-bond acceptors (Lipinski definition) is 9. The molecule has 50 heavy (non-hydrogen) atoms. The molecule has 1 heterocycles. The number of nitrogens with one attached hydrogen (secondary N) is 1. The van der Waals surface area contributed by atoms with Gasteiger partial charge in [-0.15, -0.1) is 0 Å². The second-order valence-electron chi connectivity index (χ2n) is 9.98. The predicted octanol–water partition coefficient (Wildman–Crippen LogP) is 5.38. The Morgan fingerprint density at radius 1 is 0.800 bits per heavy atom. The summed E-state index contributed by atoms with van der Waals surface area (Å²) in [5.41, 5.74) is -3.39. The lowest BCUT2D eigenvalue weighted by Gasteiger charge is -2.26. The maximum atomic E-state index is 16.3. The van der Waals surface area contributed by atoms with Gasteiger partial charge in [0.2, 0.25) is 0 Å². The number of halogens is 7. The van der Waals surface area contributed by atoms with Crippen molar-refractivity contribution in [3.8, 4) is 11.3 Å². The molecule has 0 spiro atoms. The van der Waals surface area contributed by atoms with Crippen molar-refractivity contribution in [2.75, 3.05) is 56.4 Å². The summed E-state index contributed by atoms with van der Waals surface area (Å²) in [5, 5.41) is 4.10. The van der Waals surface area contributed by atoms with Gasteiger partial charge in [-0.25, -0.2) is 52.2 Å². The highest BCUT2D eigenvalue weighted by Crippen LogP contribution is 2.38. The van der Waals surface area contributed by atoms with Gasteiger partial charge in [0.15, 0.2) is 11.6 Å². The van der Waals surface area contributed by atoms with Crippen LogP contribution < -0.4 is 9.03 Å². The average molecular weight is 818 g/mol. The molecule has 12 nitrogen and oxygen atoms in total. The first kappa shape index (κ1) is 39.1. The maximum Gasteiger partial charge on any atom is 0.269 e. The molecule has 0 saturated heterocycles. The summed E-state index contributed by atoms with van der Waals surface area (Å²) in [6, 6.07) is 3.13. The molecule has 0 saturated carbocycles. The molecular formula is C29H27BrF6N4O8S2. The van der Waals surface area contributed by atoms with Crippen LogP contribution >= 0.6 is 15.9 Å². The van der Waals surface area contributed by atoms with Crippen LogP contribution in [0.15, 0.2) is 62.9 Å². The topological polar surface area (TPSA) is 138 Å². The van der Waals surface area contributed by atoms with Crippen molar-refractivity contribution >= 4 is 47.4 Å². The molecule has 3 aromatic carbocycles. The summed E-state index contributed by atoms with van der Waals surface area (Å²) in [6.45, 7) is -1.18. The Labute approximate surface area is 290 Å². The molecule has 4 aromatic rings. The molecule has 0 fully saturated rings. The largest absolute Gasteiger partial charge is 0.382 e. The summed E-state index contributed by atoms with van der Waals surface area (Å²) < 4.78 is 167. The molecule has 1 N–H and O–H groups in total. The van der Waals surface area contributed by atoms with Crippen molar-refractivity contribution in [2.45, 2.75) is 16.5 Å². The lowest BCUT2D eigenvalue weighted by molar-refractivity contribution is 0.0289. The minimum Gasteiger partial charge on any atom is -0.382 e. The van der Waals surface area contributed by atoms with E-state index in [1.165, 1.54) is 29.8 Å². The van der Waals surface area contributed by atoms with E-state index >= 15 is 13.2 Å². The molecule has 21 heteroatoms. The summed E-state index contributed by atoms with van der Waals surface area (Å²) >= 11 is 3.16. The van der Waals surface area contributed by atoms with E-state index in [0.717, 1.165) is 0 Å². The Morgan fingerprint density at radius 3 is 2.12 bits per heavy atom. The smallest absolute Gasteiger partial charge is 0.269 e. The van der Waals surface area contributed by atoms with E-state index < -0.39 is 88.4 Å². The van der Waals surface area contributed by atoms with E-state index in [-0.39, 0.29) is 65.8 Å². The van der Waals surface area contributed by atoms with Crippen LogP contribution in [0.5, 0.6) is 0 Å². The zero-order chi connectivity index (χ0) is 36.8. The Morgan fingerprint density at radius 2 is 1.44 bits per heavy atom. The van der Waals surface area contributed by atoms with Crippen molar-refractivity contribution in [2.24, 2.45) is 0 Å². The van der Waals surface area contributed by atoms with Gasteiger partial charge in [-0.3, -0.25) is 4.72 Å². The van der Waals surface area contributed by atoms with Gasteiger partial charge in [-0.05, 0) is 52.3 Å². The zero-order valence-corrected chi connectivity index (χ0v) is 29.2. The Balaban J connectivity index is 1.81. The number of nitrogens with zero attached hydrogens (tertiary/aromatic N) is 3. The van der Waals surface area contributed by atoms with Gasteiger partial charge in [-0.1, -0.05) is 0 Å². The van der Waals surface area contributed by atoms with Crippen LogP contribution in [0.25, 0.3) is 11.3 Å². The Kier molecular flexibility index (Phi) is 12.9. The highest BCUT2D eigenvalue weighted by molar-refractivity contribution is 9.10. The van der Waals surface area contributed by atoms with E-state index in [0.29, 0.717) is 24.3 Å². The molecule has 0 amide bonds. The van der Waals surface area contributed by atoms with Crippen LogP contribution in [0.1, 0.15) is 0 Å². The summed E-state index contributed by atoms with van der Waals surface area (Å²) in [7, 11) is -7.87. The normalized spacial score (nSPS) is 12.0. The first-order valence-electron chi connectivity index (χ1n) is 14.0. The molecule has 0 radical (unpaired) electrons. The van der Waals surface area contributed by atoms with Crippen LogP contribution in [0, 0.1) is 34.9 Å². The Bertz CT molecular complexity index is 2070. The van der Waals surface area contributed by atoms with Crippen molar-refractivity contribution < 1.29 is 62.1 Å². The van der Waals surface area contributed by atoms with Crippen LogP contribution in [-0.2, 0) is 45.7 Å². The molecule has 0 aliphatic carbocycles. The third kappa shape index (κ3) is 8.76. The fraction of sp³-hybridized carbons (Fsp3) is 0.276. The fourth-order valence-electron chi connectivity index (χ4n) is 4.27. The first-order chi connectivity index (χ1) is 23.6. The predicted molar refractivity (Wildman–Crippen MR) is 169 cm³/mol. The van der Waals surface area contributed by atoms with E-state index in [4.69, 9.17) is 18.9 Å². The quantitative estimate of drug-likeness (QED) is 0.0846. The van der Waals surface area contributed by atoms with Gasteiger partial charge < -0.3 is 18.9 Å². The summed E-state index contributed by atoms with van der Waals surface area (Å²) in [6.07, 6.45) is 1.33. The summed E-state index contributed by atoms with van der Waals surface area (Å²) in [5.74, 6) is -8.77. The number of sulfonamides is 2. The lowest BCUT2D eigenvalue weighted by Crippen LogP contribution is -2.35. The number of rotatable bonds is 17. The first-order valence-corrected chi connectivity index (χ1v) is 17.7. The second kappa shape index (κ2) is 16.5. The van der Waals surface area contributed by atoms with Gasteiger partial charge in [0, 0.05) is 26.5 Å². The molecular weight excluding hydrogens is 790 g/mol. The third-order valence-corrected chi connectivity index (χ3v) is 10.3. The monoisotopic (exact) mass is 816 g/mol. The number of benzene rings is 3. The van der Waals surface area contributed by atoms with E-state index in [1.807, 2.05) is 0 Å². The number of hydrogen-bond donors (Lipinski definition) is 1. The number of aromatic nitrogens is 2. The molecule has 0 aliphatic rings. The van der Waals surface area contributed by atoms with Gasteiger partial charge >= 0.3 is 0 Å². The number of methoxy groups -OCH3 is 2. The van der Waals surface area contributed by atoms with Crippen LogP contribution in [-0.4, -0.2) is 74.0 Å². The number of anilines is 2. The highest BCUT2D eigenvalue weighted by Gasteiger charge is 2.35. The minimum atomic E-state index is -5.46. The molecule has 0 bridgehead atoms. The standard InChI is InChI=1S/C29H27BrF6N4O8S2/c1-45-7-9-47-15-39-14-19(30)29(37-39)26-21(34)5-6-23(28(26)36)40(16-48-10-8-46-2)50(43,44)25-13-18(32)11-22(27(25)35)38-49(41,42)24-12-17(31)3-4-20(24)33/h3-6,11-14,38H,7-10,15-16H2,1-2H3. The Hall–Kier alpha value is -3.73. The van der Waals surface area contributed by atoms with Gasteiger partial charge in [0.1, 0.15) is 52.2 Å². The maximum absolute atomic E-state index is 16.3. The molecule has 272 valence electrons. The highest BCUT2D eigenvalue weighted by atomic mass is 79.9. The van der Waals surface area contributed by atoms with Crippen LogP contribution in [0.3, 0.4) is 0 Å². The van der Waals surface area contributed by atoms with Gasteiger partial charge in [-0.2, -0.15) is 5.10 Å². The summed E-state index contributed by atoms with van der Waals surface area (Å²) in [4.78, 5) is -2.83. The van der Waals surface area contributed by atoms with Crippen molar-refractivity contribution in [3.63, 3.8) is 0 Å². The van der Waals surface area contributed by atoms with Crippen molar-refractivity contribution in [1.29, 1.82) is 0 Å².